The van der Waals surface area contributed by atoms with Gasteiger partial charge in [0.1, 0.15) is 0 Å². The van der Waals surface area contributed by atoms with Gasteiger partial charge in [0.2, 0.25) is 15.9 Å². The number of rotatable bonds is 2. The van der Waals surface area contributed by atoms with Crippen LogP contribution in [0.2, 0.25) is 0 Å². The van der Waals surface area contributed by atoms with E-state index >= 15 is 0 Å². The minimum absolute atomic E-state index is 0.0180. The molecular weight excluding hydrogens is 298 g/mol. The molecule has 2 heterocycles. The molecule has 1 fully saturated rings. The number of nitrogens with zero attached hydrogens (tertiary/aromatic N) is 2. The van der Waals surface area contributed by atoms with Crippen LogP contribution in [0, 0.1) is 0 Å². The lowest BCUT2D eigenvalue weighted by molar-refractivity contribution is -0.132. The van der Waals surface area contributed by atoms with E-state index in [9.17, 15) is 18.0 Å². The number of carbonyl (C=O) groups is 1. The first-order valence-electron chi connectivity index (χ1n) is 6.25. The molecule has 3 rings (SSSR count). The van der Waals surface area contributed by atoms with Gasteiger partial charge in [-0.05, 0) is 18.2 Å². The molecule has 1 saturated heterocycles. The number of likely N-dealkylation sites (N-methyl/N-ethyl adjacent to an activating group) is 1. The number of nitrogens with one attached hydrogen (secondary N) is 1. The van der Waals surface area contributed by atoms with Crippen LogP contribution in [0.15, 0.2) is 32.3 Å². The number of fused-ring (bicyclic) bond motifs is 1. The fraction of sp³-hybridized carbons (Fsp3) is 0.333. The third-order valence-electron chi connectivity index (χ3n) is 3.45. The van der Waals surface area contributed by atoms with E-state index in [-0.39, 0.29) is 29.5 Å². The van der Waals surface area contributed by atoms with Crippen molar-refractivity contribution in [2.24, 2.45) is 0 Å². The number of H-pyrrole nitrogens is 1. The molecule has 2 aromatic rings. The third-order valence-corrected chi connectivity index (χ3v) is 5.29. The van der Waals surface area contributed by atoms with Gasteiger partial charge in [0, 0.05) is 20.1 Å². The molecule has 112 valence electrons. The second-order valence-corrected chi connectivity index (χ2v) is 6.76. The van der Waals surface area contributed by atoms with Crippen molar-refractivity contribution in [2.75, 3.05) is 26.7 Å². The molecule has 0 spiro atoms. The number of oxazole rings is 1. The Morgan fingerprint density at radius 1 is 1.24 bits per heavy atom. The Morgan fingerprint density at radius 3 is 2.71 bits per heavy atom. The number of benzene rings is 1. The quantitative estimate of drug-likeness (QED) is 0.811. The van der Waals surface area contributed by atoms with E-state index in [1.54, 1.807) is 7.05 Å². The second kappa shape index (κ2) is 4.71. The number of piperazine rings is 1. The van der Waals surface area contributed by atoms with E-state index in [2.05, 4.69) is 4.98 Å². The van der Waals surface area contributed by atoms with E-state index < -0.39 is 15.8 Å². The summed E-state index contributed by atoms with van der Waals surface area (Å²) >= 11 is 0. The highest BCUT2D eigenvalue weighted by molar-refractivity contribution is 7.89. The fourth-order valence-corrected chi connectivity index (χ4v) is 3.59. The van der Waals surface area contributed by atoms with Gasteiger partial charge in [0.25, 0.3) is 0 Å². The fourth-order valence-electron chi connectivity index (χ4n) is 2.18. The molecule has 9 heteroatoms. The maximum absolute atomic E-state index is 12.5. The van der Waals surface area contributed by atoms with Crippen molar-refractivity contribution in [3.63, 3.8) is 0 Å². The van der Waals surface area contributed by atoms with Gasteiger partial charge in [-0.3, -0.25) is 9.78 Å². The molecule has 1 N–H and O–H groups in total. The highest BCUT2D eigenvalue weighted by Crippen LogP contribution is 2.21. The van der Waals surface area contributed by atoms with Crippen LogP contribution in [0.4, 0.5) is 0 Å². The van der Waals surface area contributed by atoms with Gasteiger partial charge in [0.15, 0.2) is 5.58 Å². The Kier molecular flexibility index (Phi) is 3.10. The SMILES string of the molecule is CN1CCN(S(=O)(=O)c2ccc3oc(=O)[nH]c3c2)CC1=O. The first-order chi connectivity index (χ1) is 9.88. The van der Waals surface area contributed by atoms with E-state index in [1.807, 2.05) is 0 Å². The zero-order valence-corrected chi connectivity index (χ0v) is 12.0. The summed E-state index contributed by atoms with van der Waals surface area (Å²) in [5.74, 6) is -0.892. The van der Waals surface area contributed by atoms with Gasteiger partial charge in [-0.25, -0.2) is 13.2 Å². The van der Waals surface area contributed by atoms with Crippen LogP contribution in [0.1, 0.15) is 0 Å². The Morgan fingerprint density at radius 2 is 2.00 bits per heavy atom. The normalized spacial score (nSPS) is 17.6. The van der Waals surface area contributed by atoms with Crippen molar-refractivity contribution < 1.29 is 17.6 Å². The number of amides is 1. The molecule has 0 radical (unpaired) electrons. The zero-order chi connectivity index (χ0) is 15.2. The van der Waals surface area contributed by atoms with E-state index in [4.69, 9.17) is 4.42 Å². The molecule has 0 saturated carbocycles. The summed E-state index contributed by atoms with van der Waals surface area (Å²) in [7, 11) is -2.14. The summed E-state index contributed by atoms with van der Waals surface area (Å²) in [4.78, 5) is 26.7. The Labute approximate surface area is 120 Å². The molecule has 1 aliphatic rings. The van der Waals surface area contributed by atoms with Crippen LogP contribution in [-0.4, -0.2) is 55.2 Å². The van der Waals surface area contributed by atoms with Crippen molar-refractivity contribution in [3.8, 4) is 0 Å². The topological polar surface area (TPSA) is 104 Å². The summed E-state index contributed by atoms with van der Waals surface area (Å²) in [6.07, 6.45) is 0. The average Bonchev–Trinajstić information content (AvgIpc) is 2.80. The Balaban J connectivity index is 1.99. The summed E-state index contributed by atoms with van der Waals surface area (Å²) in [5.41, 5.74) is 0.593. The largest absolute Gasteiger partial charge is 0.417 e. The van der Waals surface area contributed by atoms with Gasteiger partial charge in [-0.2, -0.15) is 4.31 Å². The van der Waals surface area contributed by atoms with Crippen molar-refractivity contribution in [1.82, 2.24) is 14.2 Å². The summed E-state index contributed by atoms with van der Waals surface area (Å²) < 4.78 is 31.0. The number of sulfonamides is 1. The van der Waals surface area contributed by atoms with Crippen LogP contribution in [0.3, 0.4) is 0 Å². The maximum Gasteiger partial charge on any atom is 0.417 e. The van der Waals surface area contributed by atoms with Crippen molar-refractivity contribution >= 4 is 27.0 Å². The molecule has 0 bridgehead atoms. The minimum Gasteiger partial charge on any atom is -0.408 e. The predicted molar refractivity (Wildman–Crippen MR) is 73.2 cm³/mol. The van der Waals surface area contributed by atoms with Gasteiger partial charge in [-0.15, -0.1) is 0 Å². The molecule has 0 unspecified atom stereocenters. The molecular formula is C12H13N3O5S. The van der Waals surface area contributed by atoms with Gasteiger partial charge in [0.05, 0.1) is 17.0 Å². The molecule has 1 aromatic heterocycles. The third kappa shape index (κ3) is 2.34. The Bertz CT molecular complexity index is 866. The van der Waals surface area contributed by atoms with Gasteiger partial charge < -0.3 is 9.32 Å². The molecule has 1 amide bonds. The number of carbonyl (C=O) groups excluding carboxylic acids is 1. The highest BCUT2D eigenvalue weighted by atomic mass is 32.2. The van der Waals surface area contributed by atoms with Crippen molar-refractivity contribution in [2.45, 2.75) is 4.90 Å². The van der Waals surface area contributed by atoms with Crippen LogP contribution in [0.5, 0.6) is 0 Å². The number of hydrogen-bond donors (Lipinski definition) is 1. The lowest BCUT2D eigenvalue weighted by Crippen LogP contribution is -2.50. The van der Waals surface area contributed by atoms with E-state index in [0.717, 1.165) is 4.31 Å². The smallest absolute Gasteiger partial charge is 0.408 e. The van der Waals surface area contributed by atoms with Crippen molar-refractivity contribution in [1.29, 1.82) is 0 Å². The monoisotopic (exact) mass is 311 g/mol. The van der Waals surface area contributed by atoms with E-state index in [0.29, 0.717) is 12.1 Å². The maximum atomic E-state index is 12.5. The molecule has 0 aliphatic carbocycles. The van der Waals surface area contributed by atoms with Crippen LogP contribution >= 0.6 is 0 Å². The summed E-state index contributed by atoms with van der Waals surface area (Å²) in [6, 6.07) is 4.10. The van der Waals surface area contributed by atoms with Gasteiger partial charge in [-0.1, -0.05) is 0 Å². The standard InChI is InChI=1S/C12H13N3O5S/c1-14-4-5-15(7-11(14)16)21(18,19)8-2-3-10-9(6-8)13-12(17)20-10/h2-3,6H,4-5,7H2,1H3,(H,13,17). The first kappa shape index (κ1) is 13.8. The highest BCUT2D eigenvalue weighted by Gasteiger charge is 2.31. The van der Waals surface area contributed by atoms with Crippen molar-refractivity contribution in [3.05, 3.63) is 28.7 Å². The summed E-state index contributed by atoms with van der Waals surface area (Å²) in [6.45, 7) is 0.409. The lowest BCUT2D eigenvalue weighted by atomic mass is 10.3. The molecule has 8 nitrogen and oxygen atoms in total. The lowest BCUT2D eigenvalue weighted by Gasteiger charge is -2.31. The number of hydrogen-bond acceptors (Lipinski definition) is 5. The minimum atomic E-state index is -3.78. The predicted octanol–water partition coefficient (Wildman–Crippen LogP) is -0.416. The van der Waals surface area contributed by atoms with Crippen LogP contribution in [0.25, 0.3) is 11.1 Å². The molecule has 1 aliphatic heterocycles. The first-order valence-corrected chi connectivity index (χ1v) is 7.69. The molecule has 0 atom stereocenters. The summed E-state index contributed by atoms with van der Waals surface area (Å²) in [5, 5.41) is 0. The van der Waals surface area contributed by atoms with Crippen LogP contribution in [-0.2, 0) is 14.8 Å². The number of aromatic amines is 1. The number of aromatic nitrogens is 1. The van der Waals surface area contributed by atoms with E-state index in [1.165, 1.54) is 23.1 Å². The average molecular weight is 311 g/mol. The van der Waals surface area contributed by atoms with Gasteiger partial charge >= 0.3 is 5.76 Å². The molecule has 21 heavy (non-hydrogen) atoms. The zero-order valence-electron chi connectivity index (χ0n) is 11.2. The molecule has 1 aromatic carbocycles. The van der Waals surface area contributed by atoms with Crippen LogP contribution < -0.4 is 5.76 Å². The Hall–Kier alpha value is -2.13. The second-order valence-electron chi connectivity index (χ2n) is 4.83.